The van der Waals surface area contributed by atoms with Crippen LogP contribution >= 0.6 is 0 Å². The molecule has 3 heteroatoms. The molecule has 0 aliphatic heterocycles. The first-order chi connectivity index (χ1) is 14.2. The molecule has 0 aromatic heterocycles. The SMILES string of the molecule is N#Cc1ccc([C@H]2CC[C@H](CC[C@H]3CC[C@H](CCCC=CF)CC3)CC2)cc1F. The van der Waals surface area contributed by atoms with Crippen molar-refractivity contribution in [3.8, 4) is 6.07 Å². The van der Waals surface area contributed by atoms with Crippen molar-refractivity contribution in [3.63, 3.8) is 0 Å². The first-order valence-electron chi connectivity index (χ1n) is 11.6. The van der Waals surface area contributed by atoms with Gasteiger partial charge in [-0.2, -0.15) is 5.26 Å². The van der Waals surface area contributed by atoms with E-state index in [-0.39, 0.29) is 11.4 Å². The highest BCUT2D eigenvalue weighted by Crippen LogP contribution is 2.40. The van der Waals surface area contributed by atoms with E-state index >= 15 is 0 Å². The van der Waals surface area contributed by atoms with Gasteiger partial charge in [0.05, 0.1) is 11.9 Å². The molecule has 0 radical (unpaired) electrons. The second-order valence-electron chi connectivity index (χ2n) is 9.33. The molecule has 2 aliphatic rings. The minimum atomic E-state index is -0.374. The van der Waals surface area contributed by atoms with E-state index < -0.39 is 0 Å². The van der Waals surface area contributed by atoms with Gasteiger partial charge in [-0.15, -0.1) is 0 Å². The molecule has 0 atom stereocenters. The van der Waals surface area contributed by atoms with E-state index in [0.717, 1.165) is 49.0 Å². The summed E-state index contributed by atoms with van der Waals surface area (Å²) in [5.41, 5.74) is 1.22. The van der Waals surface area contributed by atoms with Crippen LogP contribution in [-0.4, -0.2) is 0 Å². The maximum absolute atomic E-state index is 13.9. The van der Waals surface area contributed by atoms with E-state index in [1.165, 1.54) is 57.8 Å². The van der Waals surface area contributed by atoms with Crippen LogP contribution in [0.1, 0.15) is 101 Å². The molecule has 0 amide bonds. The number of allylic oxidation sites excluding steroid dienone is 1. The molecule has 158 valence electrons. The van der Waals surface area contributed by atoms with Crippen molar-refractivity contribution >= 4 is 0 Å². The second-order valence-corrected chi connectivity index (χ2v) is 9.33. The fourth-order valence-electron chi connectivity index (χ4n) is 5.53. The van der Waals surface area contributed by atoms with Crippen LogP contribution in [0.3, 0.4) is 0 Å². The van der Waals surface area contributed by atoms with Crippen LogP contribution in [-0.2, 0) is 0 Å². The number of halogens is 2. The minimum absolute atomic E-state index is 0.147. The average Bonchev–Trinajstić information content (AvgIpc) is 2.76. The summed E-state index contributed by atoms with van der Waals surface area (Å²) in [4.78, 5) is 0. The summed E-state index contributed by atoms with van der Waals surface area (Å²) in [5, 5.41) is 8.89. The molecule has 0 unspecified atom stereocenters. The van der Waals surface area contributed by atoms with Crippen molar-refractivity contribution < 1.29 is 8.78 Å². The molecule has 1 nitrogen and oxygen atoms in total. The van der Waals surface area contributed by atoms with Gasteiger partial charge < -0.3 is 0 Å². The number of hydrogen-bond acceptors (Lipinski definition) is 1. The monoisotopic (exact) mass is 399 g/mol. The van der Waals surface area contributed by atoms with Gasteiger partial charge in [-0.3, -0.25) is 0 Å². The van der Waals surface area contributed by atoms with Crippen LogP contribution in [0, 0.1) is 34.9 Å². The molecule has 0 saturated heterocycles. The van der Waals surface area contributed by atoms with Crippen LogP contribution in [0.4, 0.5) is 8.78 Å². The van der Waals surface area contributed by atoms with Crippen LogP contribution in [0.2, 0.25) is 0 Å². The topological polar surface area (TPSA) is 23.8 Å². The number of unbranched alkanes of at least 4 members (excludes halogenated alkanes) is 1. The predicted molar refractivity (Wildman–Crippen MR) is 115 cm³/mol. The zero-order valence-electron chi connectivity index (χ0n) is 17.6. The lowest BCUT2D eigenvalue weighted by Gasteiger charge is -2.32. The fourth-order valence-corrected chi connectivity index (χ4v) is 5.53. The van der Waals surface area contributed by atoms with Gasteiger partial charge in [-0.05, 0) is 79.9 Å². The number of hydrogen-bond donors (Lipinski definition) is 0. The summed E-state index contributed by atoms with van der Waals surface area (Å²) in [6, 6.07) is 7.06. The van der Waals surface area contributed by atoms with Crippen LogP contribution in [0.25, 0.3) is 0 Å². The van der Waals surface area contributed by atoms with Crippen molar-refractivity contribution in [1.82, 2.24) is 0 Å². The maximum Gasteiger partial charge on any atom is 0.141 e. The smallest absolute Gasteiger partial charge is 0.141 e. The van der Waals surface area contributed by atoms with E-state index in [0.29, 0.717) is 12.2 Å². The lowest BCUT2D eigenvalue weighted by Crippen LogP contribution is -2.18. The van der Waals surface area contributed by atoms with Crippen molar-refractivity contribution in [2.24, 2.45) is 17.8 Å². The molecule has 29 heavy (non-hydrogen) atoms. The summed E-state index contributed by atoms with van der Waals surface area (Å²) in [6.45, 7) is 0. The third kappa shape index (κ3) is 6.66. The molecular weight excluding hydrogens is 364 g/mol. The Kier molecular flexibility index (Phi) is 8.71. The molecule has 0 spiro atoms. The summed E-state index contributed by atoms with van der Waals surface area (Å²) in [6.07, 6.45) is 18.6. The summed E-state index contributed by atoms with van der Waals surface area (Å²) >= 11 is 0. The van der Waals surface area contributed by atoms with Gasteiger partial charge >= 0.3 is 0 Å². The van der Waals surface area contributed by atoms with Gasteiger partial charge in [0, 0.05) is 0 Å². The number of nitrogens with zero attached hydrogens (tertiary/aromatic N) is 1. The maximum atomic E-state index is 13.9. The first kappa shape index (κ1) is 22.0. The highest BCUT2D eigenvalue weighted by Gasteiger charge is 2.25. The quantitative estimate of drug-likeness (QED) is 0.404. The molecule has 1 aromatic rings. The van der Waals surface area contributed by atoms with Crippen LogP contribution < -0.4 is 0 Å². The fraction of sp³-hybridized carbons (Fsp3) is 0.654. The van der Waals surface area contributed by atoms with E-state index in [4.69, 9.17) is 5.26 Å². The Labute approximate surface area is 175 Å². The number of benzene rings is 1. The molecule has 0 heterocycles. The lowest BCUT2D eigenvalue weighted by molar-refractivity contribution is 0.223. The zero-order chi connectivity index (χ0) is 20.5. The molecule has 2 fully saturated rings. The summed E-state index contributed by atoms with van der Waals surface area (Å²) < 4.78 is 25.9. The van der Waals surface area contributed by atoms with Gasteiger partial charge in [-0.25, -0.2) is 8.78 Å². The lowest BCUT2D eigenvalue weighted by atomic mass is 9.74. The third-order valence-electron chi connectivity index (χ3n) is 7.45. The third-order valence-corrected chi connectivity index (χ3v) is 7.45. The average molecular weight is 400 g/mol. The summed E-state index contributed by atoms with van der Waals surface area (Å²) in [5.74, 6) is 2.68. The van der Waals surface area contributed by atoms with Crippen LogP contribution in [0.5, 0.6) is 0 Å². The first-order valence-corrected chi connectivity index (χ1v) is 11.6. The van der Waals surface area contributed by atoms with E-state index in [2.05, 4.69) is 0 Å². The highest BCUT2D eigenvalue weighted by atomic mass is 19.1. The Morgan fingerprint density at radius 2 is 1.48 bits per heavy atom. The van der Waals surface area contributed by atoms with Gasteiger partial charge in [0.15, 0.2) is 0 Å². The van der Waals surface area contributed by atoms with Crippen molar-refractivity contribution in [2.45, 2.75) is 89.4 Å². The molecule has 1 aromatic carbocycles. The summed E-state index contributed by atoms with van der Waals surface area (Å²) in [7, 11) is 0. The Morgan fingerprint density at radius 1 is 0.897 bits per heavy atom. The molecule has 3 rings (SSSR count). The van der Waals surface area contributed by atoms with Crippen molar-refractivity contribution in [3.05, 3.63) is 47.5 Å². The van der Waals surface area contributed by atoms with Crippen LogP contribution in [0.15, 0.2) is 30.6 Å². The highest BCUT2D eigenvalue weighted by molar-refractivity contribution is 5.34. The Hall–Kier alpha value is -1.69. The molecule has 2 aliphatic carbocycles. The molecule has 0 N–H and O–H groups in total. The zero-order valence-corrected chi connectivity index (χ0v) is 17.6. The second kappa shape index (κ2) is 11.5. The molecule has 2 saturated carbocycles. The standard InChI is InChI=1S/C26H35F2N/c27-17-3-1-2-4-20-5-7-21(8-6-20)9-10-22-11-13-23(14-12-22)24-15-16-25(19-29)26(28)18-24/h3,15-18,20-23H,1-2,4-14H2/t20-,21-,22-,23-. The van der Waals surface area contributed by atoms with Gasteiger partial charge in [-0.1, -0.05) is 57.1 Å². The van der Waals surface area contributed by atoms with Crippen molar-refractivity contribution in [1.29, 1.82) is 5.26 Å². The number of rotatable bonds is 8. The minimum Gasteiger partial charge on any atom is -0.216 e. The van der Waals surface area contributed by atoms with Gasteiger partial charge in [0.1, 0.15) is 11.9 Å². The number of nitriles is 1. The van der Waals surface area contributed by atoms with Gasteiger partial charge in [0.25, 0.3) is 0 Å². The Morgan fingerprint density at radius 3 is 2.03 bits per heavy atom. The molecule has 0 bridgehead atoms. The Bertz CT molecular complexity index is 689. The largest absolute Gasteiger partial charge is 0.216 e. The molecular formula is C26H35F2N. The van der Waals surface area contributed by atoms with E-state index in [1.807, 2.05) is 12.1 Å². The van der Waals surface area contributed by atoms with E-state index in [9.17, 15) is 8.78 Å². The predicted octanol–water partition coefficient (Wildman–Crippen LogP) is 8.21. The Balaban J connectivity index is 1.33. The normalized spacial score (nSPS) is 27.8. The van der Waals surface area contributed by atoms with Gasteiger partial charge in [0.2, 0.25) is 0 Å². The van der Waals surface area contributed by atoms with E-state index in [1.54, 1.807) is 18.2 Å². The van der Waals surface area contributed by atoms with Crippen molar-refractivity contribution in [2.75, 3.05) is 0 Å².